The zero-order valence-corrected chi connectivity index (χ0v) is 15.1. The monoisotopic (exact) mass is 347 g/mol. The van der Waals surface area contributed by atoms with Crippen LogP contribution in [0, 0.1) is 0 Å². The van der Waals surface area contributed by atoms with E-state index in [0.717, 1.165) is 5.56 Å². The maximum absolute atomic E-state index is 12.5. The highest BCUT2D eigenvalue weighted by Crippen LogP contribution is 2.24. The summed E-state index contributed by atoms with van der Waals surface area (Å²) in [7, 11) is 3.05. The van der Waals surface area contributed by atoms with Crippen LogP contribution in [0.3, 0.4) is 0 Å². The Morgan fingerprint density at radius 2 is 1.96 bits per heavy atom. The molecule has 2 atom stereocenters. The topological polar surface area (TPSA) is 79.0 Å². The molecule has 0 spiro atoms. The van der Waals surface area contributed by atoms with Crippen LogP contribution in [0.15, 0.2) is 30.3 Å². The SMILES string of the molecule is COC(=O)C(C)(CNC(=O)N1CC(=O)N(C)C(C)C1)c1ccccc1. The number of nitrogens with one attached hydrogen (secondary N) is 1. The zero-order chi connectivity index (χ0) is 18.6. The number of hydrogen-bond acceptors (Lipinski definition) is 4. The number of hydrogen-bond donors (Lipinski definition) is 1. The number of esters is 1. The molecule has 3 amide bonds. The molecule has 7 nitrogen and oxygen atoms in total. The van der Waals surface area contributed by atoms with Gasteiger partial charge in [-0.05, 0) is 19.4 Å². The average molecular weight is 347 g/mol. The Labute approximate surface area is 147 Å². The Balaban J connectivity index is 2.09. The molecule has 1 aromatic carbocycles. The van der Waals surface area contributed by atoms with Gasteiger partial charge in [-0.2, -0.15) is 0 Å². The van der Waals surface area contributed by atoms with Crippen molar-refractivity contribution in [1.82, 2.24) is 15.1 Å². The molecule has 7 heteroatoms. The Morgan fingerprint density at radius 3 is 2.52 bits per heavy atom. The standard InChI is InChI=1S/C18H25N3O4/c1-13-10-21(11-15(22)20(13)3)17(24)19-12-18(2,16(23)25-4)14-8-6-5-7-9-14/h5-9,13H,10-12H2,1-4H3,(H,19,24). The molecule has 2 rings (SSSR count). The largest absolute Gasteiger partial charge is 0.468 e. The first kappa shape index (κ1) is 18.8. The molecule has 1 saturated heterocycles. The lowest BCUT2D eigenvalue weighted by Gasteiger charge is -2.37. The summed E-state index contributed by atoms with van der Waals surface area (Å²) in [5, 5.41) is 2.78. The minimum Gasteiger partial charge on any atom is -0.468 e. The predicted octanol–water partition coefficient (Wildman–Crippen LogP) is 0.989. The highest BCUT2D eigenvalue weighted by molar-refractivity contribution is 5.87. The van der Waals surface area contributed by atoms with E-state index in [1.165, 1.54) is 12.0 Å². The highest BCUT2D eigenvalue weighted by atomic mass is 16.5. The summed E-state index contributed by atoms with van der Waals surface area (Å²) in [6.45, 7) is 4.19. The molecule has 1 aromatic rings. The van der Waals surface area contributed by atoms with Gasteiger partial charge in [0.15, 0.2) is 0 Å². The lowest BCUT2D eigenvalue weighted by molar-refractivity contribution is -0.146. The predicted molar refractivity (Wildman–Crippen MR) is 93.0 cm³/mol. The van der Waals surface area contributed by atoms with E-state index in [2.05, 4.69) is 5.32 Å². The summed E-state index contributed by atoms with van der Waals surface area (Å²) in [5.41, 5.74) is -0.251. The van der Waals surface area contributed by atoms with Crippen molar-refractivity contribution in [3.8, 4) is 0 Å². The minimum absolute atomic E-state index is 0.0347. The molecule has 0 aliphatic carbocycles. The van der Waals surface area contributed by atoms with Crippen molar-refractivity contribution in [3.63, 3.8) is 0 Å². The number of carbonyl (C=O) groups excluding carboxylic acids is 3. The fourth-order valence-corrected chi connectivity index (χ4v) is 2.87. The van der Waals surface area contributed by atoms with Gasteiger partial charge >= 0.3 is 12.0 Å². The average Bonchev–Trinajstić information content (AvgIpc) is 2.63. The maximum Gasteiger partial charge on any atom is 0.317 e. The number of urea groups is 1. The number of methoxy groups -OCH3 is 1. The first-order chi connectivity index (χ1) is 11.8. The molecular formula is C18H25N3O4. The van der Waals surface area contributed by atoms with Gasteiger partial charge in [0.2, 0.25) is 5.91 Å². The fourth-order valence-electron chi connectivity index (χ4n) is 2.87. The van der Waals surface area contributed by atoms with Gasteiger partial charge in [0, 0.05) is 26.2 Å². The number of rotatable bonds is 4. The molecule has 25 heavy (non-hydrogen) atoms. The van der Waals surface area contributed by atoms with Crippen LogP contribution in [0.5, 0.6) is 0 Å². The summed E-state index contributed by atoms with van der Waals surface area (Å²) in [6, 6.07) is 8.76. The van der Waals surface area contributed by atoms with E-state index in [4.69, 9.17) is 4.74 Å². The normalized spacial score (nSPS) is 20.0. The number of benzene rings is 1. The Hall–Kier alpha value is -2.57. The number of carbonyl (C=O) groups is 3. The molecule has 1 fully saturated rings. The van der Waals surface area contributed by atoms with Crippen molar-refractivity contribution in [2.75, 3.05) is 33.8 Å². The van der Waals surface area contributed by atoms with Crippen LogP contribution < -0.4 is 5.32 Å². The van der Waals surface area contributed by atoms with Crippen molar-refractivity contribution in [2.45, 2.75) is 25.3 Å². The molecule has 2 unspecified atom stereocenters. The number of nitrogens with zero attached hydrogens (tertiary/aromatic N) is 2. The lowest BCUT2D eigenvalue weighted by atomic mass is 9.82. The van der Waals surface area contributed by atoms with Crippen molar-refractivity contribution in [1.29, 1.82) is 0 Å². The van der Waals surface area contributed by atoms with E-state index < -0.39 is 11.4 Å². The summed E-state index contributed by atoms with van der Waals surface area (Å²) in [4.78, 5) is 39.8. The molecule has 1 N–H and O–H groups in total. The van der Waals surface area contributed by atoms with Crippen LogP contribution in [0.25, 0.3) is 0 Å². The second-order valence-electron chi connectivity index (χ2n) is 6.58. The fraction of sp³-hybridized carbons (Fsp3) is 0.500. The molecular weight excluding hydrogens is 322 g/mol. The molecule has 1 aliphatic rings. The third kappa shape index (κ3) is 3.92. The molecule has 1 aliphatic heterocycles. The van der Waals surface area contributed by atoms with Crippen LogP contribution in [0.2, 0.25) is 0 Å². The van der Waals surface area contributed by atoms with Gasteiger partial charge in [-0.3, -0.25) is 9.59 Å². The van der Waals surface area contributed by atoms with Crippen LogP contribution >= 0.6 is 0 Å². The molecule has 136 valence electrons. The summed E-state index contributed by atoms with van der Waals surface area (Å²) >= 11 is 0. The van der Waals surface area contributed by atoms with E-state index in [0.29, 0.717) is 6.54 Å². The van der Waals surface area contributed by atoms with E-state index in [1.54, 1.807) is 18.9 Å². The summed E-state index contributed by atoms with van der Waals surface area (Å²) in [6.07, 6.45) is 0. The van der Waals surface area contributed by atoms with Gasteiger partial charge < -0.3 is 19.9 Å². The molecule has 0 radical (unpaired) electrons. The Morgan fingerprint density at radius 1 is 1.32 bits per heavy atom. The van der Waals surface area contributed by atoms with Crippen LogP contribution in [-0.4, -0.2) is 67.5 Å². The lowest BCUT2D eigenvalue weighted by Crippen LogP contribution is -2.58. The number of piperazine rings is 1. The van der Waals surface area contributed by atoms with Crippen LogP contribution in [0.4, 0.5) is 4.79 Å². The maximum atomic E-state index is 12.5. The first-order valence-corrected chi connectivity index (χ1v) is 8.22. The Bertz CT molecular complexity index is 649. The third-order valence-electron chi connectivity index (χ3n) is 4.79. The van der Waals surface area contributed by atoms with Gasteiger partial charge in [-0.15, -0.1) is 0 Å². The van der Waals surface area contributed by atoms with E-state index in [1.807, 2.05) is 37.3 Å². The van der Waals surface area contributed by atoms with Gasteiger partial charge in [-0.1, -0.05) is 30.3 Å². The second kappa shape index (κ2) is 7.55. The first-order valence-electron chi connectivity index (χ1n) is 8.22. The van der Waals surface area contributed by atoms with Crippen LogP contribution in [0.1, 0.15) is 19.4 Å². The van der Waals surface area contributed by atoms with Crippen LogP contribution in [-0.2, 0) is 19.7 Å². The number of amides is 3. The quantitative estimate of drug-likeness (QED) is 0.824. The van der Waals surface area contributed by atoms with E-state index in [-0.39, 0.29) is 31.1 Å². The minimum atomic E-state index is -1.01. The second-order valence-corrected chi connectivity index (χ2v) is 6.58. The van der Waals surface area contributed by atoms with Crippen molar-refractivity contribution in [2.24, 2.45) is 0 Å². The van der Waals surface area contributed by atoms with Crippen molar-refractivity contribution in [3.05, 3.63) is 35.9 Å². The Kier molecular flexibility index (Phi) is 5.66. The molecule has 0 bridgehead atoms. The number of ether oxygens (including phenoxy) is 1. The molecule has 0 saturated carbocycles. The molecule has 0 aromatic heterocycles. The smallest absolute Gasteiger partial charge is 0.317 e. The van der Waals surface area contributed by atoms with Gasteiger partial charge in [-0.25, -0.2) is 4.79 Å². The number of likely N-dealkylation sites (N-methyl/N-ethyl adjacent to an activating group) is 1. The summed E-state index contributed by atoms with van der Waals surface area (Å²) in [5.74, 6) is -0.533. The summed E-state index contributed by atoms with van der Waals surface area (Å²) < 4.78 is 4.93. The van der Waals surface area contributed by atoms with E-state index >= 15 is 0 Å². The highest BCUT2D eigenvalue weighted by Gasteiger charge is 2.38. The van der Waals surface area contributed by atoms with Crippen molar-refractivity contribution < 1.29 is 19.1 Å². The van der Waals surface area contributed by atoms with E-state index in [9.17, 15) is 14.4 Å². The third-order valence-corrected chi connectivity index (χ3v) is 4.79. The van der Waals surface area contributed by atoms with Gasteiger partial charge in [0.25, 0.3) is 0 Å². The zero-order valence-electron chi connectivity index (χ0n) is 15.1. The van der Waals surface area contributed by atoms with Gasteiger partial charge in [0.05, 0.1) is 7.11 Å². The molecule has 1 heterocycles. The van der Waals surface area contributed by atoms with Gasteiger partial charge in [0.1, 0.15) is 12.0 Å². The van der Waals surface area contributed by atoms with Crippen molar-refractivity contribution >= 4 is 17.9 Å².